The van der Waals surface area contributed by atoms with Gasteiger partial charge in [-0.15, -0.1) is 0 Å². The Balaban J connectivity index is 1.91. The monoisotopic (exact) mass is 327 g/mol. The average molecular weight is 328 g/mol. The molecule has 0 fully saturated rings. The zero-order valence-electron chi connectivity index (χ0n) is 11.1. The number of carbonyl (C=O) groups is 1. The van der Waals surface area contributed by atoms with Crippen molar-refractivity contribution in [3.63, 3.8) is 0 Å². The highest BCUT2D eigenvalue weighted by atomic mass is 79.9. The minimum absolute atomic E-state index is 0.141. The Labute approximate surface area is 126 Å². The lowest BCUT2D eigenvalue weighted by molar-refractivity contribution is 0.0994. The zero-order valence-corrected chi connectivity index (χ0v) is 12.7. The molecule has 3 heteroatoms. The summed E-state index contributed by atoms with van der Waals surface area (Å²) in [6, 6.07) is 14.0. The Hall–Kier alpha value is -1.87. The quantitative estimate of drug-likeness (QED) is 0.697. The van der Waals surface area contributed by atoms with Crippen LogP contribution in [0.4, 0.5) is 0 Å². The SMILES string of the molecule is Cc1ccc2c(C(=O)Cc3ccc(Br)cc3)c[nH]c2c1. The average Bonchev–Trinajstić information content (AvgIpc) is 2.84. The Morgan fingerprint density at radius 1 is 1.15 bits per heavy atom. The van der Waals surface area contributed by atoms with E-state index in [9.17, 15) is 4.79 Å². The van der Waals surface area contributed by atoms with Gasteiger partial charge in [-0.05, 0) is 36.2 Å². The van der Waals surface area contributed by atoms with Crippen molar-refractivity contribution in [2.45, 2.75) is 13.3 Å². The zero-order chi connectivity index (χ0) is 14.1. The fraction of sp³-hybridized carbons (Fsp3) is 0.118. The summed E-state index contributed by atoms with van der Waals surface area (Å²) in [6.07, 6.45) is 2.24. The highest BCUT2D eigenvalue weighted by Crippen LogP contribution is 2.21. The molecular weight excluding hydrogens is 314 g/mol. The summed E-state index contributed by atoms with van der Waals surface area (Å²) in [7, 11) is 0. The molecule has 0 spiro atoms. The number of ketones is 1. The van der Waals surface area contributed by atoms with E-state index in [1.807, 2.05) is 49.5 Å². The number of nitrogens with one attached hydrogen (secondary N) is 1. The highest BCUT2D eigenvalue weighted by molar-refractivity contribution is 9.10. The Morgan fingerprint density at radius 2 is 1.90 bits per heavy atom. The van der Waals surface area contributed by atoms with E-state index in [-0.39, 0.29) is 5.78 Å². The predicted molar refractivity (Wildman–Crippen MR) is 85.2 cm³/mol. The number of aromatic amines is 1. The van der Waals surface area contributed by atoms with Gasteiger partial charge in [0.1, 0.15) is 0 Å². The maximum Gasteiger partial charge on any atom is 0.169 e. The van der Waals surface area contributed by atoms with Crippen LogP contribution in [0, 0.1) is 6.92 Å². The third-order valence-corrected chi connectivity index (χ3v) is 3.94. The maximum atomic E-state index is 12.4. The molecule has 0 unspecified atom stereocenters. The van der Waals surface area contributed by atoms with Gasteiger partial charge < -0.3 is 4.98 Å². The summed E-state index contributed by atoms with van der Waals surface area (Å²) < 4.78 is 1.02. The number of carbonyl (C=O) groups excluding carboxylic acids is 1. The van der Waals surface area contributed by atoms with Crippen LogP contribution in [-0.4, -0.2) is 10.8 Å². The van der Waals surface area contributed by atoms with Crippen LogP contribution in [0.5, 0.6) is 0 Å². The van der Waals surface area contributed by atoms with E-state index in [1.54, 1.807) is 0 Å². The van der Waals surface area contributed by atoms with Gasteiger partial charge in [0.2, 0.25) is 0 Å². The first kappa shape index (κ1) is 13.1. The summed E-state index contributed by atoms with van der Waals surface area (Å²) in [4.78, 5) is 15.6. The lowest BCUT2D eigenvalue weighted by atomic mass is 10.0. The van der Waals surface area contributed by atoms with E-state index in [0.717, 1.165) is 26.5 Å². The van der Waals surface area contributed by atoms with Crippen molar-refractivity contribution in [1.82, 2.24) is 4.98 Å². The Bertz CT molecular complexity index is 771. The first-order valence-electron chi connectivity index (χ1n) is 6.49. The summed E-state index contributed by atoms with van der Waals surface area (Å²) in [5, 5.41) is 0.998. The van der Waals surface area contributed by atoms with Gasteiger partial charge in [-0.3, -0.25) is 4.79 Å². The van der Waals surface area contributed by atoms with Crippen LogP contribution >= 0.6 is 15.9 Å². The molecule has 0 bridgehead atoms. The molecule has 2 nitrogen and oxygen atoms in total. The van der Waals surface area contributed by atoms with Gasteiger partial charge in [0.15, 0.2) is 5.78 Å². The van der Waals surface area contributed by atoms with Crippen LogP contribution in [0.3, 0.4) is 0 Å². The standard InChI is InChI=1S/C17H14BrNO/c1-11-2-7-14-15(10-19-16(14)8-11)17(20)9-12-3-5-13(18)6-4-12/h2-8,10,19H,9H2,1H3. The maximum absolute atomic E-state index is 12.4. The number of rotatable bonds is 3. The van der Waals surface area contributed by atoms with Gasteiger partial charge in [0.25, 0.3) is 0 Å². The molecule has 3 aromatic rings. The van der Waals surface area contributed by atoms with Gasteiger partial charge in [-0.1, -0.05) is 40.2 Å². The molecule has 20 heavy (non-hydrogen) atoms. The molecule has 1 N–H and O–H groups in total. The number of benzene rings is 2. The van der Waals surface area contributed by atoms with Crippen LogP contribution in [0.2, 0.25) is 0 Å². The summed E-state index contributed by atoms with van der Waals surface area (Å²) in [5.41, 5.74) is 4.00. The van der Waals surface area contributed by atoms with Crippen LogP contribution in [0.25, 0.3) is 10.9 Å². The number of Topliss-reactive ketones (excluding diaryl/α,β-unsaturated/α-hetero) is 1. The van der Waals surface area contributed by atoms with Gasteiger partial charge in [0.05, 0.1) is 0 Å². The van der Waals surface area contributed by atoms with E-state index in [0.29, 0.717) is 6.42 Å². The normalized spacial score (nSPS) is 10.9. The number of fused-ring (bicyclic) bond motifs is 1. The lowest BCUT2D eigenvalue weighted by Gasteiger charge is -2.01. The number of halogens is 1. The molecule has 0 radical (unpaired) electrons. The minimum atomic E-state index is 0.141. The Morgan fingerprint density at radius 3 is 2.65 bits per heavy atom. The third kappa shape index (κ3) is 2.54. The molecule has 0 saturated carbocycles. The van der Waals surface area contributed by atoms with Gasteiger partial charge >= 0.3 is 0 Å². The number of aryl methyl sites for hydroxylation is 1. The van der Waals surface area contributed by atoms with Crippen molar-refractivity contribution < 1.29 is 4.79 Å². The molecule has 2 aromatic carbocycles. The number of hydrogen-bond acceptors (Lipinski definition) is 1. The molecule has 0 amide bonds. The van der Waals surface area contributed by atoms with Crippen molar-refractivity contribution in [3.05, 3.63) is 69.8 Å². The first-order chi connectivity index (χ1) is 9.63. The summed E-state index contributed by atoms with van der Waals surface area (Å²) in [6.45, 7) is 2.05. The number of hydrogen-bond donors (Lipinski definition) is 1. The topological polar surface area (TPSA) is 32.9 Å². The van der Waals surface area contributed by atoms with Crippen molar-refractivity contribution in [2.75, 3.05) is 0 Å². The third-order valence-electron chi connectivity index (χ3n) is 3.42. The van der Waals surface area contributed by atoms with Gasteiger partial charge in [-0.25, -0.2) is 0 Å². The second-order valence-electron chi connectivity index (χ2n) is 4.98. The summed E-state index contributed by atoms with van der Waals surface area (Å²) >= 11 is 3.40. The fourth-order valence-corrected chi connectivity index (χ4v) is 2.62. The van der Waals surface area contributed by atoms with E-state index in [4.69, 9.17) is 0 Å². The molecular formula is C17H14BrNO. The second-order valence-corrected chi connectivity index (χ2v) is 5.89. The minimum Gasteiger partial charge on any atom is -0.360 e. The Kier molecular flexibility index (Phi) is 3.45. The summed E-state index contributed by atoms with van der Waals surface area (Å²) in [5.74, 6) is 0.141. The molecule has 100 valence electrons. The van der Waals surface area contributed by atoms with E-state index in [2.05, 4.69) is 27.0 Å². The van der Waals surface area contributed by atoms with E-state index in [1.165, 1.54) is 5.56 Å². The molecule has 1 heterocycles. The van der Waals surface area contributed by atoms with Crippen LogP contribution in [0.15, 0.2) is 53.1 Å². The molecule has 3 rings (SSSR count). The molecule has 0 atom stereocenters. The molecule has 1 aromatic heterocycles. The molecule has 0 aliphatic rings. The van der Waals surface area contributed by atoms with Crippen molar-refractivity contribution in [3.8, 4) is 0 Å². The number of H-pyrrole nitrogens is 1. The van der Waals surface area contributed by atoms with Gasteiger partial charge in [-0.2, -0.15) is 0 Å². The lowest BCUT2D eigenvalue weighted by Crippen LogP contribution is -2.02. The van der Waals surface area contributed by atoms with E-state index < -0.39 is 0 Å². The highest BCUT2D eigenvalue weighted by Gasteiger charge is 2.12. The largest absolute Gasteiger partial charge is 0.360 e. The second kappa shape index (κ2) is 5.25. The molecule has 0 aliphatic carbocycles. The predicted octanol–water partition coefficient (Wildman–Crippen LogP) is 4.66. The van der Waals surface area contributed by atoms with Crippen molar-refractivity contribution in [1.29, 1.82) is 0 Å². The molecule has 0 aliphatic heterocycles. The fourth-order valence-electron chi connectivity index (χ4n) is 2.35. The molecule has 0 saturated heterocycles. The van der Waals surface area contributed by atoms with Gasteiger partial charge in [0, 0.05) is 33.6 Å². The van der Waals surface area contributed by atoms with Crippen LogP contribution in [0.1, 0.15) is 21.5 Å². The number of aromatic nitrogens is 1. The van der Waals surface area contributed by atoms with Crippen molar-refractivity contribution >= 4 is 32.6 Å². The van der Waals surface area contributed by atoms with E-state index >= 15 is 0 Å². The van der Waals surface area contributed by atoms with Crippen molar-refractivity contribution in [2.24, 2.45) is 0 Å². The smallest absolute Gasteiger partial charge is 0.169 e. The van der Waals surface area contributed by atoms with Crippen LogP contribution < -0.4 is 0 Å². The van der Waals surface area contributed by atoms with Crippen LogP contribution in [-0.2, 0) is 6.42 Å². The first-order valence-corrected chi connectivity index (χ1v) is 7.28.